The van der Waals surface area contributed by atoms with Crippen molar-refractivity contribution in [3.63, 3.8) is 0 Å². The number of carbonyl (C=O) groups is 2. The lowest BCUT2D eigenvalue weighted by Gasteiger charge is -2.09. The molecule has 2 rings (SSSR count). The fourth-order valence-corrected chi connectivity index (χ4v) is 5.16. The SMILES string of the molecule is C=C(C)C(=O)OCCCCCCCCCCCOc1ccc(C(=O)Oc2ccc(OCCCCCCCCCCCC)cc2)cc1. The summed E-state index contributed by atoms with van der Waals surface area (Å²) >= 11 is 0. The maximum Gasteiger partial charge on any atom is 0.343 e. The Bertz CT molecular complexity index is 1080. The largest absolute Gasteiger partial charge is 0.494 e. The van der Waals surface area contributed by atoms with Gasteiger partial charge in [0.1, 0.15) is 17.2 Å². The first-order valence-corrected chi connectivity index (χ1v) is 18.0. The quantitative estimate of drug-likeness (QED) is 0.0400. The molecule has 0 spiro atoms. The molecule has 0 saturated heterocycles. The van der Waals surface area contributed by atoms with Gasteiger partial charge in [-0.25, -0.2) is 9.59 Å². The molecule has 0 radical (unpaired) electrons. The molecule has 6 nitrogen and oxygen atoms in total. The topological polar surface area (TPSA) is 71.1 Å². The van der Waals surface area contributed by atoms with Crippen LogP contribution in [0.4, 0.5) is 0 Å². The average molecular weight is 637 g/mol. The molecule has 0 aliphatic rings. The van der Waals surface area contributed by atoms with Gasteiger partial charge in [0.05, 0.1) is 25.4 Å². The van der Waals surface area contributed by atoms with Crippen molar-refractivity contribution in [1.29, 1.82) is 0 Å². The first-order chi connectivity index (χ1) is 22.5. The van der Waals surface area contributed by atoms with Crippen molar-refractivity contribution >= 4 is 11.9 Å². The van der Waals surface area contributed by atoms with E-state index in [0.717, 1.165) is 43.6 Å². The van der Waals surface area contributed by atoms with Crippen molar-refractivity contribution in [2.75, 3.05) is 19.8 Å². The predicted molar refractivity (Wildman–Crippen MR) is 188 cm³/mol. The average Bonchev–Trinajstić information content (AvgIpc) is 3.06. The number of hydrogen-bond donors (Lipinski definition) is 0. The van der Waals surface area contributed by atoms with Gasteiger partial charge in [-0.05, 0) is 74.7 Å². The number of unbranched alkanes of at least 4 members (excludes halogenated alkanes) is 17. The van der Waals surface area contributed by atoms with Gasteiger partial charge in [-0.1, -0.05) is 116 Å². The van der Waals surface area contributed by atoms with Gasteiger partial charge in [0.2, 0.25) is 0 Å². The molecule has 46 heavy (non-hydrogen) atoms. The molecule has 0 bridgehead atoms. The van der Waals surface area contributed by atoms with E-state index in [0.29, 0.717) is 36.7 Å². The van der Waals surface area contributed by atoms with Gasteiger partial charge in [-0.3, -0.25) is 0 Å². The van der Waals surface area contributed by atoms with Crippen LogP contribution in [-0.4, -0.2) is 31.8 Å². The minimum Gasteiger partial charge on any atom is -0.494 e. The lowest BCUT2D eigenvalue weighted by Crippen LogP contribution is -2.08. The van der Waals surface area contributed by atoms with Crippen LogP contribution < -0.4 is 14.2 Å². The maximum absolute atomic E-state index is 12.6. The summed E-state index contributed by atoms with van der Waals surface area (Å²) in [6, 6.07) is 14.4. The van der Waals surface area contributed by atoms with Gasteiger partial charge in [0.25, 0.3) is 0 Å². The fourth-order valence-electron chi connectivity index (χ4n) is 5.16. The number of esters is 2. The lowest BCUT2D eigenvalue weighted by molar-refractivity contribution is -0.139. The third-order valence-electron chi connectivity index (χ3n) is 8.03. The Morgan fingerprint density at radius 2 is 0.891 bits per heavy atom. The van der Waals surface area contributed by atoms with Crippen LogP contribution in [0.15, 0.2) is 60.7 Å². The Morgan fingerprint density at radius 1 is 0.522 bits per heavy atom. The maximum atomic E-state index is 12.6. The Balaban J connectivity index is 1.47. The highest BCUT2D eigenvalue weighted by Gasteiger charge is 2.09. The minimum atomic E-state index is -0.392. The third-order valence-corrected chi connectivity index (χ3v) is 8.03. The molecule has 2 aromatic rings. The van der Waals surface area contributed by atoms with Crippen LogP contribution in [0.3, 0.4) is 0 Å². The molecule has 0 aliphatic heterocycles. The van der Waals surface area contributed by atoms with E-state index in [-0.39, 0.29) is 5.97 Å². The summed E-state index contributed by atoms with van der Waals surface area (Å²) < 4.78 is 22.4. The second kappa shape index (κ2) is 25.9. The predicted octanol–water partition coefficient (Wildman–Crippen LogP) is 11.2. The van der Waals surface area contributed by atoms with Gasteiger partial charge in [0, 0.05) is 5.57 Å². The van der Waals surface area contributed by atoms with Crippen molar-refractivity contribution in [1.82, 2.24) is 0 Å². The van der Waals surface area contributed by atoms with E-state index in [1.165, 1.54) is 89.9 Å². The Morgan fingerprint density at radius 3 is 1.33 bits per heavy atom. The number of ether oxygens (including phenoxy) is 4. The highest BCUT2D eigenvalue weighted by molar-refractivity contribution is 5.91. The van der Waals surface area contributed by atoms with Gasteiger partial charge >= 0.3 is 11.9 Å². The van der Waals surface area contributed by atoms with Gasteiger partial charge < -0.3 is 18.9 Å². The van der Waals surface area contributed by atoms with Crippen molar-refractivity contribution in [2.24, 2.45) is 0 Å². The second-order valence-electron chi connectivity index (χ2n) is 12.4. The van der Waals surface area contributed by atoms with Crippen molar-refractivity contribution in [2.45, 2.75) is 136 Å². The normalized spacial score (nSPS) is 10.8. The molecule has 0 fully saturated rings. The molecule has 6 heteroatoms. The van der Waals surface area contributed by atoms with Crippen LogP contribution in [0.25, 0.3) is 0 Å². The summed E-state index contributed by atoms with van der Waals surface area (Å²) in [5.41, 5.74) is 0.945. The Labute approximate surface area is 279 Å². The highest BCUT2D eigenvalue weighted by Crippen LogP contribution is 2.21. The minimum absolute atomic E-state index is 0.293. The standard InChI is InChI=1S/C40H60O6/c1-4-5-6-7-8-9-11-14-18-21-32-44-37-27-29-38(30-28-37)46-40(42)35-23-25-36(26-24-35)43-31-20-17-15-12-10-13-16-19-22-33-45-39(41)34(2)3/h23-30H,2,4-22,31-33H2,1,3H3. The van der Waals surface area contributed by atoms with Crippen LogP contribution in [0.1, 0.15) is 146 Å². The van der Waals surface area contributed by atoms with Crippen LogP contribution in [0.5, 0.6) is 17.2 Å². The van der Waals surface area contributed by atoms with Gasteiger partial charge in [0.15, 0.2) is 0 Å². The van der Waals surface area contributed by atoms with Crippen LogP contribution in [0.2, 0.25) is 0 Å². The lowest BCUT2D eigenvalue weighted by atomic mass is 10.1. The van der Waals surface area contributed by atoms with Crippen molar-refractivity contribution in [3.8, 4) is 17.2 Å². The Hall–Kier alpha value is -3.28. The number of hydrogen-bond acceptors (Lipinski definition) is 6. The molecule has 0 saturated carbocycles. The van der Waals surface area contributed by atoms with Crippen LogP contribution in [0, 0.1) is 0 Å². The highest BCUT2D eigenvalue weighted by atomic mass is 16.5. The molecular formula is C40H60O6. The molecule has 0 aliphatic carbocycles. The van der Waals surface area contributed by atoms with Crippen molar-refractivity contribution in [3.05, 3.63) is 66.2 Å². The summed E-state index contributed by atoms with van der Waals surface area (Å²) in [5, 5.41) is 0. The van der Waals surface area contributed by atoms with E-state index in [1.807, 2.05) is 24.3 Å². The van der Waals surface area contributed by atoms with E-state index in [1.54, 1.807) is 31.2 Å². The molecule has 2 aromatic carbocycles. The smallest absolute Gasteiger partial charge is 0.343 e. The number of rotatable bonds is 28. The molecule has 0 amide bonds. The zero-order valence-corrected chi connectivity index (χ0v) is 28.8. The summed E-state index contributed by atoms with van der Waals surface area (Å²) in [5.74, 6) is 1.37. The van der Waals surface area contributed by atoms with Crippen molar-refractivity contribution < 1.29 is 28.5 Å². The zero-order chi connectivity index (χ0) is 33.1. The number of benzene rings is 2. The van der Waals surface area contributed by atoms with E-state index >= 15 is 0 Å². The first kappa shape index (κ1) is 38.9. The fraction of sp³-hybridized carbons (Fsp3) is 0.600. The third kappa shape index (κ3) is 19.3. The molecule has 0 unspecified atom stereocenters. The monoisotopic (exact) mass is 636 g/mol. The van der Waals surface area contributed by atoms with E-state index in [9.17, 15) is 9.59 Å². The molecule has 256 valence electrons. The van der Waals surface area contributed by atoms with Crippen LogP contribution >= 0.6 is 0 Å². The van der Waals surface area contributed by atoms with Gasteiger partial charge in [-0.15, -0.1) is 0 Å². The summed E-state index contributed by atoms with van der Waals surface area (Å²) in [4.78, 5) is 23.9. The number of carbonyl (C=O) groups excluding carboxylic acids is 2. The van der Waals surface area contributed by atoms with E-state index in [2.05, 4.69) is 13.5 Å². The van der Waals surface area contributed by atoms with E-state index < -0.39 is 5.97 Å². The van der Waals surface area contributed by atoms with E-state index in [4.69, 9.17) is 18.9 Å². The summed E-state index contributed by atoms with van der Waals surface area (Å²) in [6.45, 7) is 9.38. The molecular weight excluding hydrogens is 576 g/mol. The van der Waals surface area contributed by atoms with Gasteiger partial charge in [-0.2, -0.15) is 0 Å². The van der Waals surface area contributed by atoms with Crippen LogP contribution in [-0.2, 0) is 9.53 Å². The molecule has 0 aromatic heterocycles. The summed E-state index contributed by atoms with van der Waals surface area (Å²) in [6.07, 6.45) is 23.3. The molecule has 0 atom stereocenters. The second-order valence-corrected chi connectivity index (χ2v) is 12.4. The summed E-state index contributed by atoms with van der Waals surface area (Å²) in [7, 11) is 0. The Kier molecular flexibility index (Phi) is 21.9. The molecule has 0 heterocycles. The molecule has 0 N–H and O–H groups in total. The first-order valence-electron chi connectivity index (χ1n) is 18.0. The zero-order valence-electron chi connectivity index (χ0n) is 28.8.